The molecule has 2 amide bonds. The van der Waals surface area contributed by atoms with E-state index < -0.39 is 6.03 Å². The van der Waals surface area contributed by atoms with Gasteiger partial charge in [-0.15, -0.1) is 0 Å². The van der Waals surface area contributed by atoms with Gasteiger partial charge in [-0.05, 0) is 47.9 Å². The molecule has 3 aromatic rings. The van der Waals surface area contributed by atoms with Gasteiger partial charge in [0.25, 0.3) is 0 Å². The van der Waals surface area contributed by atoms with Crippen LogP contribution in [-0.4, -0.2) is 11.1 Å². The van der Waals surface area contributed by atoms with Crippen molar-refractivity contribution in [3.63, 3.8) is 0 Å². The number of amides is 2. The minimum Gasteiger partial charge on any atom is -0.506 e. The highest BCUT2D eigenvalue weighted by molar-refractivity contribution is 6.00. The number of anilines is 2. The van der Waals surface area contributed by atoms with Crippen LogP contribution in [0.5, 0.6) is 5.75 Å². The lowest BCUT2D eigenvalue weighted by Crippen LogP contribution is -2.19. The number of aromatic hydroxyl groups is 1. The number of carbonyl (C=O) groups is 1. The second-order valence-electron chi connectivity index (χ2n) is 5.54. The van der Waals surface area contributed by atoms with Gasteiger partial charge in [-0.1, -0.05) is 48.5 Å². The monoisotopic (exact) mass is 318 g/mol. The highest BCUT2D eigenvalue weighted by Crippen LogP contribution is 2.24. The maximum atomic E-state index is 12.1. The van der Waals surface area contributed by atoms with Crippen LogP contribution in [0.2, 0.25) is 0 Å². The Bertz CT molecular complexity index is 843. The summed E-state index contributed by atoms with van der Waals surface area (Å²) in [7, 11) is 0. The fourth-order valence-corrected chi connectivity index (χ4v) is 2.41. The van der Waals surface area contributed by atoms with Crippen LogP contribution in [0.15, 0.2) is 72.8 Å². The zero-order valence-electron chi connectivity index (χ0n) is 13.3. The predicted molar refractivity (Wildman–Crippen MR) is 97.4 cm³/mol. The van der Waals surface area contributed by atoms with E-state index >= 15 is 0 Å². The van der Waals surface area contributed by atoms with Crippen LogP contribution in [0.4, 0.5) is 16.2 Å². The maximum absolute atomic E-state index is 12.1. The predicted octanol–water partition coefficient (Wildman–Crippen LogP) is 5.01. The second-order valence-corrected chi connectivity index (χ2v) is 5.54. The number of aryl methyl sites for hydroxylation is 1. The van der Waals surface area contributed by atoms with E-state index in [1.165, 1.54) is 0 Å². The molecule has 24 heavy (non-hydrogen) atoms. The molecule has 0 saturated heterocycles. The minimum atomic E-state index is -0.400. The third kappa shape index (κ3) is 3.73. The van der Waals surface area contributed by atoms with Crippen LogP contribution in [0.3, 0.4) is 0 Å². The molecule has 120 valence electrons. The van der Waals surface area contributed by atoms with Crippen LogP contribution in [0.25, 0.3) is 11.1 Å². The molecule has 0 aliphatic heterocycles. The SMILES string of the molecule is Cc1ccc(O)c(NC(=O)Nc2ccc(-c3ccccc3)cc2)c1. The summed E-state index contributed by atoms with van der Waals surface area (Å²) in [4.78, 5) is 12.1. The van der Waals surface area contributed by atoms with Crippen molar-refractivity contribution in [2.24, 2.45) is 0 Å². The second kappa shape index (κ2) is 6.87. The summed E-state index contributed by atoms with van der Waals surface area (Å²) in [6.07, 6.45) is 0. The van der Waals surface area contributed by atoms with Gasteiger partial charge in [-0.3, -0.25) is 0 Å². The molecule has 0 saturated carbocycles. The van der Waals surface area contributed by atoms with Crippen molar-refractivity contribution in [3.05, 3.63) is 78.4 Å². The molecule has 3 rings (SSSR count). The zero-order valence-corrected chi connectivity index (χ0v) is 13.3. The van der Waals surface area contributed by atoms with E-state index in [1.807, 2.05) is 61.5 Å². The van der Waals surface area contributed by atoms with Crippen LogP contribution in [0, 0.1) is 6.92 Å². The average molecular weight is 318 g/mol. The van der Waals surface area contributed by atoms with Crippen molar-refractivity contribution < 1.29 is 9.90 Å². The van der Waals surface area contributed by atoms with E-state index in [9.17, 15) is 9.90 Å². The van der Waals surface area contributed by atoms with E-state index in [0.717, 1.165) is 16.7 Å². The summed E-state index contributed by atoms with van der Waals surface area (Å²) in [5.74, 6) is 0.0372. The van der Waals surface area contributed by atoms with Gasteiger partial charge in [0.1, 0.15) is 5.75 Å². The van der Waals surface area contributed by atoms with Gasteiger partial charge in [0.15, 0.2) is 0 Å². The van der Waals surface area contributed by atoms with Crippen molar-refractivity contribution in [1.29, 1.82) is 0 Å². The van der Waals surface area contributed by atoms with E-state index in [-0.39, 0.29) is 5.75 Å². The number of phenols is 1. The third-order valence-corrected chi connectivity index (χ3v) is 3.65. The summed E-state index contributed by atoms with van der Waals surface area (Å²) in [6.45, 7) is 1.89. The van der Waals surface area contributed by atoms with Gasteiger partial charge in [0, 0.05) is 5.69 Å². The number of phenolic OH excluding ortho intramolecular Hbond substituents is 1. The standard InChI is InChI=1S/C20H18N2O2/c1-14-7-12-19(23)18(13-14)22-20(24)21-17-10-8-16(9-11-17)15-5-3-2-4-6-15/h2-13,23H,1H3,(H2,21,22,24). The molecule has 0 atom stereocenters. The maximum Gasteiger partial charge on any atom is 0.323 e. The largest absolute Gasteiger partial charge is 0.506 e. The Kier molecular flexibility index (Phi) is 4.47. The minimum absolute atomic E-state index is 0.0372. The van der Waals surface area contributed by atoms with Crippen LogP contribution in [0.1, 0.15) is 5.56 Å². The van der Waals surface area contributed by atoms with Crippen molar-refractivity contribution >= 4 is 17.4 Å². The lowest BCUT2D eigenvalue weighted by molar-refractivity contribution is 0.262. The van der Waals surface area contributed by atoms with Crippen molar-refractivity contribution in [2.75, 3.05) is 10.6 Å². The summed E-state index contributed by atoms with van der Waals surface area (Å²) in [6, 6.07) is 22.3. The molecule has 3 N–H and O–H groups in total. The number of hydrogen-bond acceptors (Lipinski definition) is 2. The van der Waals surface area contributed by atoms with E-state index in [2.05, 4.69) is 10.6 Å². The van der Waals surface area contributed by atoms with Crippen molar-refractivity contribution in [2.45, 2.75) is 6.92 Å². The van der Waals surface area contributed by atoms with E-state index in [1.54, 1.807) is 18.2 Å². The highest BCUT2D eigenvalue weighted by Gasteiger charge is 2.07. The van der Waals surface area contributed by atoms with Crippen molar-refractivity contribution in [1.82, 2.24) is 0 Å². The van der Waals surface area contributed by atoms with Gasteiger partial charge < -0.3 is 15.7 Å². The van der Waals surface area contributed by atoms with Crippen LogP contribution < -0.4 is 10.6 Å². The molecule has 0 aliphatic rings. The molecule has 4 heteroatoms. The van der Waals surface area contributed by atoms with Gasteiger partial charge in [-0.2, -0.15) is 0 Å². The molecular weight excluding hydrogens is 300 g/mol. The fraction of sp³-hybridized carbons (Fsp3) is 0.0500. The Morgan fingerprint density at radius 3 is 2.21 bits per heavy atom. The number of carbonyl (C=O) groups excluding carboxylic acids is 1. The lowest BCUT2D eigenvalue weighted by atomic mass is 10.1. The van der Waals surface area contributed by atoms with Gasteiger partial charge in [0.2, 0.25) is 0 Å². The summed E-state index contributed by atoms with van der Waals surface area (Å²) in [5.41, 5.74) is 4.22. The van der Waals surface area contributed by atoms with Crippen LogP contribution >= 0.6 is 0 Å². The van der Waals surface area contributed by atoms with Gasteiger partial charge >= 0.3 is 6.03 Å². The quantitative estimate of drug-likeness (QED) is 0.594. The van der Waals surface area contributed by atoms with E-state index in [4.69, 9.17) is 0 Å². The van der Waals surface area contributed by atoms with E-state index in [0.29, 0.717) is 11.4 Å². The number of rotatable bonds is 3. The molecule has 0 unspecified atom stereocenters. The third-order valence-electron chi connectivity index (χ3n) is 3.65. The Hall–Kier alpha value is -3.27. The average Bonchev–Trinajstić information content (AvgIpc) is 2.59. The van der Waals surface area contributed by atoms with Crippen LogP contribution in [-0.2, 0) is 0 Å². The molecule has 0 radical (unpaired) electrons. The summed E-state index contributed by atoms with van der Waals surface area (Å²) >= 11 is 0. The molecule has 0 fully saturated rings. The number of hydrogen-bond donors (Lipinski definition) is 3. The zero-order chi connectivity index (χ0) is 16.9. The summed E-state index contributed by atoms with van der Waals surface area (Å²) < 4.78 is 0. The first-order valence-electron chi connectivity index (χ1n) is 7.65. The molecule has 0 aromatic heterocycles. The molecule has 4 nitrogen and oxygen atoms in total. The first-order valence-corrected chi connectivity index (χ1v) is 7.65. The topological polar surface area (TPSA) is 61.4 Å². The Morgan fingerprint density at radius 2 is 1.50 bits per heavy atom. The Labute approximate surface area is 140 Å². The molecular formula is C20H18N2O2. The number of benzene rings is 3. The molecule has 3 aromatic carbocycles. The molecule has 0 aliphatic carbocycles. The summed E-state index contributed by atoms with van der Waals surface area (Å²) in [5, 5.41) is 15.2. The Morgan fingerprint density at radius 1 is 0.833 bits per heavy atom. The van der Waals surface area contributed by atoms with Gasteiger partial charge in [0.05, 0.1) is 5.69 Å². The molecule has 0 spiro atoms. The first kappa shape index (κ1) is 15.6. The number of urea groups is 1. The van der Waals surface area contributed by atoms with Crippen molar-refractivity contribution in [3.8, 4) is 16.9 Å². The Balaban J connectivity index is 1.67. The molecule has 0 bridgehead atoms. The fourth-order valence-electron chi connectivity index (χ4n) is 2.41. The first-order chi connectivity index (χ1) is 11.6. The normalized spacial score (nSPS) is 10.2. The smallest absolute Gasteiger partial charge is 0.323 e. The lowest BCUT2D eigenvalue weighted by Gasteiger charge is -2.10. The highest BCUT2D eigenvalue weighted by atomic mass is 16.3. The molecule has 0 heterocycles. The number of nitrogens with one attached hydrogen (secondary N) is 2. The van der Waals surface area contributed by atoms with Gasteiger partial charge in [-0.25, -0.2) is 4.79 Å².